The van der Waals surface area contributed by atoms with E-state index in [0.717, 1.165) is 30.2 Å². The predicted octanol–water partition coefficient (Wildman–Crippen LogP) is 2.59. The fourth-order valence-electron chi connectivity index (χ4n) is 3.02. The molecule has 0 radical (unpaired) electrons. The van der Waals surface area contributed by atoms with E-state index in [9.17, 15) is 0 Å². The van der Waals surface area contributed by atoms with Crippen molar-refractivity contribution in [2.75, 3.05) is 43.9 Å². The Morgan fingerprint density at radius 3 is 2.85 bits per heavy atom. The maximum absolute atomic E-state index is 5.97. The Balaban J connectivity index is 2.06. The van der Waals surface area contributed by atoms with Crippen LogP contribution < -0.4 is 15.4 Å². The van der Waals surface area contributed by atoms with E-state index >= 15 is 0 Å². The van der Waals surface area contributed by atoms with Crippen molar-refractivity contribution in [3.05, 3.63) is 18.2 Å². The zero-order valence-electron chi connectivity index (χ0n) is 12.9. The second-order valence-corrected chi connectivity index (χ2v) is 5.50. The summed E-state index contributed by atoms with van der Waals surface area (Å²) in [6.07, 6.45) is 2.60. The van der Waals surface area contributed by atoms with Crippen molar-refractivity contribution in [2.45, 2.75) is 32.7 Å². The van der Waals surface area contributed by atoms with Gasteiger partial charge in [-0.15, -0.1) is 0 Å². The summed E-state index contributed by atoms with van der Waals surface area (Å²) < 4.78 is 5.57. The smallest absolute Gasteiger partial charge is 0.123 e. The molecular formula is C16H27N3O. The number of nitrogen functional groups attached to an aromatic ring is 1. The quantitative estimate of drug-likeness (QED) is 0.812. The SMILES string of the molecule is CCOc1cc(N)cc(N(C)CC2CCCN2CC)c1. The fourth-order valence-corrected chi connectivity index (χ4v) is 3.02. The zero-order valence-corrected chi connectivity index (χ0v) is 12.9. The second kappa shape index (κ2) is 6.84. The van der Waals surface area contributed by atoms with E-state index in [0.29, 0.717) is 12.6 Å². The Labute approximate surface area is 122 Å². The van der Waals surface area contributed by atoms with Crippen LogP contribution in [0.5, 0.6) is 5.75 Å². The van der Waals surface area contributed by atoms with E-state index in [-0.39, 0.29) is 0 Å². The topological polar surface area (TPSA) is 41.7 Å². The van der Waals surface area contributed by atoms with Crippen LogP contribution in [-0.4, -0.2) is 44.2 Å². The van der Waals surface area contributed by atoms with Crippen LogP contribution in [0.3, 0.4) is 0 Å². The van der Waals surface area contributed by atoms with E-state index in [2.05, 4.69) is 29.8 Å². The summed E-state index contributed by atoms with van der Waals surface area (Å²) in [6, 6.07) is 6.63. The van der Waals surface area contributed by atoms with Gasteiger partial charge >= 0.3 is 0 Å². The van der Waals surface area contributed by atoms with Crippen LogP contribution in [-0.2, 0) is 0 Å². The standard InChI is InChI=1S/C16H27N3O/c1-4-19-8-6-7-14(19)12-18(3)15-9-13(17)10-16(11-15)20-5-2/h9-11,14H,4-8,12,17H2,1-3H3. The van der Waals surface area contributed by atoms with Crippen molar-refractivity contribution in [2.24, 2.45) is 0 Å². The van der Waals surface area contributed by atoms with Crippen LogP contribution in [0.25, 0.3) is 0 Å². The second-order valence-electron chi connectivity index (χ2n) is 5.50. The molecule has 1 aromatic carbocycles. The van der Waals surface area contributed by atoms with Gasteiger partial charge in [-0.2, -0.15) is 0 Å². The zero-order chi connectivity index (χ0) is 14.5. The van der Waals surface area contributed by atoms with Gasteiger partial charge in [0, 0.05) is 43.1 Å². The van der Waals surface area contributed by atoms with Gasteiger partial charge in [0.2, 0.25) is 0 Å². The Hall–Kier alpha value is -1.42. The highest BCUT2D eigenvalue weighted by atomic mass is 16.5. The summed E-state index contributed by atoms with van der Waals surface area (Å²) in [5.74, 6) is 0.855. The summed E-state index contributed by atoms with van der Waals surface area (Å²) >= 11 is 0. The predicted molar refractivity (Wildman–Crippen MR) is 85.6 cm³/mol. The lowest BCUT2D eigenvalue weighted by Crippen LogP contribution is -2.38. The average Bonchev–Trinajstić information content (AvgIpc) is 2.85. The van der Waals surface area contributed by atoms with Gasteiger partial charge in [-0.3, -0.25) is 4.90 Å². The summed E-state index contributed by atoms with van der Waals surface area (Å²) in [4.78, 5) is 4.85. The summed E-state index contributed by atoms with van der Waals surface area (Å²) in [6.45, 7) is 8.31. The molecule has 1 unspecified atom stereocenters. The molecule has 0 saturated carbocycles. The average molecular weight is 277 g/mol. The maximum Gasteiger partial charge on any atom is 0.123 e. The Morgan fingerprint density at radius 2 is 2.15 bits per heavy atom. The molecule has 1 aliphatic heterocycles. The summed E-state index contributed by atoms with van der Waals surface area (Å²) in [7, 11) is 2.14. The van der Waals surface area contributed by atoms with Crippen LogP contribution in [0.1, 0.15) is 26.7 Å². The third kappa shape index (κ3) is 3.57. The first-order valence-corrected chi connectivity index (χ1v) is 7.62. The molecule has 1 heterocycles. The van der Waals surface area contributed by atoms with Crippen molar-refractivity contribution in [1.29, 1.82) is 0 Å². The number of nitrogens with zero attached hydrogens (tertiary/aromatic N) is 2. The van der Waals surface area contributed by atoms with Gasteiger partial charge in [-0.1, -0.05) is 6.92 Å². The maximum atomic E-state index is 5.97. The van der Waals surface area contributed by atoms with E-state index in [1.165, 1.54) is 19.4 Å². The number of nitrogens with two attached hydrogens (primary N) is 1. The number of hydrogen-bond donors (Lipinski definition) is 1. The molecule has 4 nitrogen and oxygen atoms in total. The minimum absolute atomic E-state index is 0.655. The van der Waals surface area contributed by atoms with E-state index in [4.69, 9.17) is 10.5 Å². The number of likely N-dealkylation sites (N-methyl/N-ethyl adjacent to an activating group) is 2. The summed E-state index contributed by atoms with van der Waals surface area (Å²) in [5.41, 5.74) is 7.87. The van der Waals surface area contributed by atoms with Crippen LogP contribution in [0.4, 0.5) is 11.4 Å². The molecule has 112 valence electrons. The molecule has 0 amide bonds. The molecule has 4 heteroatoms. The van der Waals surface area contributed by atoms with Crippen molar-refractivity contribution in [3.8, 4) is 5.75 Å². The normalized spacial score (nSPS) is 19.2. The first-order chi connectivity index (χ1) is 9.63. The fraction of sp³-hybridized carbons (Fsp3) is 0.625. The third-order valence-corrected chi connectivity index (χ3v) is 4.06. The van der Waals surface area contributed by atoms with Gasteiger partial charge in [0.15, 0.2) is 0 Å². The number of hydrogen-bond acceptors (Lipinski definition) is 4. The van der Waals surface area contributed by atoms with Crippen molar-refractivity contribution in [3.63, 3.8) is 0 Å². The molecule has 1 aliphatic rings. The number of rotatable bonds is 6. The molecule has 0 aliphatic carbocycles. The van der Waals surface area contributed by atoms with Crippen molar-refractivity contribution < 1.29 is 4.74 Å². The van der Waals surface area contributed by atoms with Gasteiger partial charge in [0.25, 0.3) is 0 Å². The van der Waals surface area contributed by atoms with Crippen LogP contribution >= 0.6 is 0 Å². The Kier molecular flexibility index (Phi) is 5.12. The van der Waals surface area contributed by atoms with Gasteiger partial charge in [0.05, 0.1) is 6.61 Å². The largest absolute Gasteiger partial charge is 0.494 e. The minimum atomic E-state index is 0.655. The first kappa shape index (κ1) is 15.0. The third-order valence-electron chi connectivity index (χ3n) is 4.06. The highest BCUT2D eigenvalue weighted by Gasteiger charge is 2.24. The highest BCUT2D eigenvalue weighted by molar-refractivity contribution is 5.60. The molecule has 1 fully saturated rings. The molecular weight excluding hydrogens is 250 g/mol. The molecule has 1 aromatic rings. The van der Waals surface area contributed by atoms with Gasteiger partial charge in [-0.05, 0) is 38.9 Å². The molecule has 2 N–H and O–H groups in total. The van der Waals surface area contributed by atoms with Crippen LogP contribution in [0, 0.1) is 0 Å². The van der Waals surface area contributed by atoms with E-state index in [1.54, 1.807) is 0 Å². The molecule has 1 atom stereocenters. The van der Waals surface area contributed by atoms with Gasteiger partial charge < -0.3 is 15.4 Å². The van der Waals surface area contributed by atoms with Crippen molar-refractivity contribution in [1.82, 2.24) is 4.90 Å². The lowest BCUT2D eigenvalue weighted by Gasteiger charge is -2.29. The molecule has 0 aromatic heterocycles. The van der Waals surface area contributed by atoms with E-state index in [1.807, 2.05) is 19.1 Å². The molecule has 1 saturated heterocycles. The number of ether oxygens (including phenoxy) is 1. The minimum Gasteiger partial charge on any atom is -0.494 e. The molecule has 0 spiro atoms. The highest BCUT2D eigenvalue weighted by Crippen LogP contribution is 2.26. The Morgan fingerprint density at radius 1 is 1.35 bits per heavy atom. The number of anilines is 2. The first-order valence-electron chi connectivity index (χ1n) is 7.62. The lowest BCUT2D eigenvalue weighted by molar-refractivity contribution is 0.270. The monoisotopic (exact) mass is 277 g/mol. The molecule has 0 bridgehead atoms. The summed E-state index contributed by atoms with van der Waals surface area (Å²) in [5, 5.41) is 0. The number of benzene rings is 1. The lowest BCUT2D eigenvalue weighted by atomic mass is 10.2. The van der Waals surface area contributed by atoms with Gasteiger partial charge in [0.1, 0.15) is 5.75 Å². The van der Waals surface area contributed by atoms with Crippen molar-refractivity contribution >= 4 is 11.4 Å². The Bertz CT molecular complexity index is 436. The van der Waals surface area contributed by atoms with Crippen LogP contribution in [0.15, 0.2) is 18.2 Å². The number of likely N-dealkylation sites (tertiary alicyclic amines) is 1. The van der Waals surface area contributed by atoms with Gasteiger partial charge in [-0.25, -0.2) is 0 Å². The molecule has 20 heavy (non-hydrogen) atoms. The van der Waals surface area contributed by atoms with E-state index < -0.39 is 0 Å². The van der Waals surface area contributed by atoms with Crippen LogP contribution in [0.2, 0.25) is 0 Å². The molecule has 2 rings (SSSR count).